The summed E-state index contributed by atoms with van der Waals surface area (Å²) in [7, 11) is 1.47. The Morgan fingerprint density at radius 3 is 2.83 bits per heavy atom. The standard InChI is InChI=1S/C17H16BrF2N5O4/c1-25-14-13(15(27)24-17(25)28)22-11(23-14)4-5-12(26)21-7-8-6-9(18)2-3-10(8)29-16(19)20/h2-3,6,16H,4-5,7H2,1H3,(H,21,26)(H,22,23)(H,24,27,28). The van der Waals surface area contributed by atoms with E-state index in [0.717, 1.165) is 0 Å². The molecule has 154 valence electrons. The summed E-state index contributed by atoms with van der Waals surface area (Å²) in [5, 5.41) is 2.63. The minimum Gasteiger partial charge on any atom is -0.434 e. The quantitative estimate of drug-likeness (QED) is 0.482. The number of imidazole rings is 1. The molecule has 2 aromatic heterocycles. The zero-order chi connectivity index (χ0) is 21.1. The average Bonchev–Trinajstić information content (AvgIpc) is 3.09. The van der Waals surface area contributed by atoms with Crippen LogP contribution in [0.2, 0.25) is 0 Å². The number of carbonyl (C=O) groups excluding carboxylic acids is 1. The monoisotopic (exact) mass is 471 g/mol. The zero-order valence-corrected chi connectivity index (χ0v) is 16.7. The molecule has 0 atom stereocenters. The number of H-pyrrole nitrogens is 2. The number of nitrogens with one attached hydrogen (secondary N) is 3. The van der Waals surface area contributed by atoms with Gasteiger partial charge in [-0.05, 0) is 18.2 Å². The molecule has 0 aliphatic rings. The summed E-state index contributed by atoms with van der Waals surface area (Å²) in [4.78, 5) is 44.7. The van der Waals surface area contributed by atoms with Gasteiger partial charge in [0, 0.05) is 36.5 Å². The molecule has 3 rings (SSSR count). The van der Waals surface area contributed by atoms with Gasteiger partial charge in [-0.25, -0.2) is 9.78 Å². The van der Waals surface area contributed by atoms with Gasteiger partial charge in [-0.2, -0.15) is 8.78 Å². The van der Waals surface area contributed by atoms with E-state index in [1.54, 1.807) is 12.1 Å². The number of aromatic amines is 2. The Morgan fingerprint density at radius 2 is 2.10 bits per heavy atom. The second-order valence-electron chi connectivity index (χ2n) is 6.11. The van der Waals surface area contributed by atoms with Crippen molar-refractivity contribution in [2.75, 3.05) is 0 Å². The van der Waals surface area contributed by atoms with Crippen molar-refractivity contribution >= 4 is 33.0 Å². The molecule has 0 bridgehead atoms. The molecular weight excluding hydrogens is 456 g/mol. The molecule has 12 heteroatoms. The molecule has 2 heterocycles. The van der Waals surface area contributed by atoms with Gasteiger partial charge in [0.05, 0.1) is 0 Å². The third kappa shape index (κ3) is 4.88. The fourth-order valence-corrected chi connectivity index (χ4v) is 3.09. The van der Waals surface area contributed by atoms with Gasteiger partial charge < -0.3 is 15.0 Å². The molecule has 1 aromatic carbocycles. The maximum atomic E-state index is 12.5. The van der Waals surface area contributed by atoms with Gasteiger partial charge >= 0.3 is 12.3 Å². The first-order chi connectivity index (χ1) is 13.7. The maximum Gasteiger partial charge on any atom is 0.387 e. The Kier molecular flexibility index (Phi) is 6.11. The first kappa shape index (κ1) is 20.7. The predicted octanol–water partition coefficient (Wildman–Crippen LogP) is 1.56. The molecule has 0 aliphatic heterocycles. The minimum atomic E-state index is -2.97. The van der Waals surface area contributed by atoms with Gasteiger partial charge in [-0.15, -0.1) is 0 Å². The smallest absolute Gasteiger partial charge is 0.387 e. The summed E-state index contributed by atoms with van der Waals surface area (Å²) in [5.74, 6) is -0.0109. The van der Waals surface area contributed by atoms with E-state index in [9.17, 15) is 23.2 Å². The molecule has 29 heavy (non-hydrogen) atoms. The normalized spacial score (nSPS) is 11.2. The molecule has 3 N–H and O–H groups in total. The third-order valence-electron chi connectivity index (χ3n) is 4.11. The van der Waals surface area contributed by atoms with Gasteiger partial charge in [0.15, 0.2) is 5.65 Å². The van der Waals surface area contributed by atoms with E-state index in [1.165, 1.54) is 17.7 Å². The van der Waals surface area contributed by atoms with E-state index in [1.807, 2.05) is 0 Å². The first-order valence-corrected chi connectivity index (χ1v) is 9.21. The van der Waals surface area contributed by atoms with Gasteiger partial charge in [-0.3, -0.25) is 19.1 Å². The Morgan fingerprint density at radius 1 is 1.34 bits per heavy atom. The lowest BCUT2D eigenvalue weighted by molar-refractivity contribution is -0.121. The number of aromatic nitrogens is 4. The number of nitrogens with zero attached hydrogens (tertiary/aromatic N) is 2. The van der Waals surface area contributed by atoms with Crippen LogP contribution in [-0.4, -0.2) is 32.0 Å². The van der Waals surface area contributed by atoms with E-state index in [2.05, 4.69) is 40.9 Å². The van der Waals surface area contributed by atoms with E-state index < -0.39 is 17.9 Å². The lowest BCUT2D eigenvalue weighted by Crippen LogP contribution is -2.28. The summed E-state index contributed by atoms with van der Waals surface area (Å²) in [6.07, 6.45) is 0.220. The van der Waals surface area contributed by atoms with Crippen LogP contribution >= 0.6 is 15.9 Å². The highest BCUT2D eigenvalue weighted by atomic mass is 79.9. The van der Waals surface area contributed by atoms with Crippen LogP contribution in [-0.2, 0) is 24.8 Å². The van der Waals surface area contributed by atoms with Crippen LogP contribution in [0.3, 0.4) is 0 Å². The van der Waals surface area contributed by atoms with Crippen LogP contribution in [0.5, 0.6) is 5.75 Å². The van der Waals surface area contributed by atoms with Crippen molar-refractivity contribution in [2.24, 2.45) is 7.05 Å². The van der Waals surface area contributed by atoms with E-state index in [-0.39, 0.29) is 42.2 Å². The van der Waals surface area contributed by atoms with Crippen LogP contribution in [0.4, 0.5) is 8.78 Å². The van der Waals surface area contributed by atoms with Crippen LogP contribution in [0.25, 0.3) is 11.2 Å². The summed E-state index contributed by atoms with van der Waals surface area (Å²) in [6, 6.07) is 4.51. The van der Waals surface area contributed by atoms with Gasteiger partial charge in [-0.1, -0.05) is 15.9 Å². The largest absolute Gasteiger partial charge is 0.434 e. The van der Waals surface area contributed by atoms with Crippen molar-refractivity contribution in [3.63, 3.8) is 0 Å². The van der Waals surface area contributed by atoms with Crippen LogP contribution in [0.1, 0.15) is 17.8 Å². The molecule has 1 amide bonds. The molecule has 0 saturated carbocycles. The van der Waals surface area contributed by atoms with Crippen molar-refractivity contribution in [1.29, 1.82) is 0 Å². The van der Waals surface area contributed by atoms with Crippen molar-refractivity contribution in [3.05, 3.63) is 54.9 Å². The van der Waals surface area contributed by atoms with Crippen LogP contribution < -0.4 is 21.3 Å². The molecule has 0 radical (unpaired) electrons. The summed E-state index contributed by atoms with van der Waals surface area (Å²) in [5.41, 5.74) is -0.456. The Balaban J connectivity index is 1.64. The number of hydrogen-bond acceptors (Lipinski definition) is 5. The molecule has 0 saturated heterocycles. The second kappa shape index (κ2) is 8.55. The van der Waals surface area contributed by atoms with Gasteiger partial charge in [0.2, 0.25) is 5.91 Å². The Bertz CT molecular complexity index is 1170. The number of aryl methyl sites for hydroxylation is 2. The van der Waals surface area contributed by atoms with Gasteiger partial charge in [0.25, 0.3) is 5.56 Å². The molecule has 0 aliphatic carbocycles. The fourth-order valence-electron chi connectivity index (χ4n) is 2.68. The van der Waals surface area contributed by atoms with Gasteiger partial charge in [0.1, 0.15) is 17.1 Å². The lowest BCUT2D eigenvalue weighted by Gasteiger charge is -2.12. The van der Waals surface area contributed by atoms with E-state index in [4.69, 9.17) is 0 Å². The van der Waals surface area contributed by atoms with E-state index in [0.29, 0.717) is 15.9 Å². The summed E-state index contributed by atoms with van der Waals surface area (Å²) < 4.78 is 31.3. The predicted molar refractivity (Wildman–Crippen MR) is 103 cm³/mol. The van der Waals surface area contributed by atoms with E-state index >= 15 is 0 Å². The molecule has 0 spiro atoms. The molecule has 3 aromatic rings. The topological polar surface area (TPSA) is 122 Å². The third-order valence-corrected chi connectivity index (χ3v) is 4.60. The highest BCUT2D eigenvalue weighted by Gasteiger charge is 2.14. The second-order valence-corrected chi connectivity index (χ2v) is 7.02. The molecule has 0 fully saturated rings. The summed E-state index contributed by atoms with van der Waals surface area (Å²) >= 11 is 3.24. The number of benzene rings is 1. The molecule has 0 unspecified atom stereocenters. The number of carbonyl (C=O) groups is 1. The SMILES string of the molecule is Cn1c(=O)[nH]c(=O)c2[nH]c(CCC(=O)NCc3cc(Br)ccc3OC(F)F)nc21. The maximum absolute atomic E-state index is 12.5. The number of ether oxygens (including phenoxy) is 1. The Hall–Kier alpha value is -3.02. The minimum absolute atomic E-state index is 0.00533. The van der Waals surface area contributed by atoms with Crippen LogP contribution in [0.15, 0.2) is 32.3 Å². The Labute approximate surface area is 170 Å². The van der Waals surface area contributed by atoms with Crippen LogP contribution in [0, 0.1) is 0 Å². The number of alkyl halides is 2. The van der Waals surface area contributed by atoms with Crippen molar-refractivity contribution in [2.45, 2.75) is 26.0 Å². The van der Waals surface area contributed by atoms with Crippen molar-refractivity contribution < 1.29 is 18.3 Å². The summed E-state index contributed by atoms with van der Waals surface area (Å²) in [6.45, 7) is -2.98. The highest BCUT2D eigenvalue weighted by molar-refractivity contribution is 9.10. The number of halogens is 3. The van der Waals surface area contributed by atoms with Crippen molar-refractivity contribution in [3.8, 4) is 5.75 Å². The van der Waals surface area contributed by atoms with Crippen molar-refractivity contribution in [1.82, 2.24) is 24.8 Å². The highest BCUT2D eigenvalue weighted by Crippen LogP contribution is 2.24. The number of fused-ring (bicyclic) bond motifs is 1. The number of rotatable bonds is 7. The average molecular weight is 472 g/mol. The number of amides is 1. The molecule has 9 nitrogen and oxygen atoms in total. The zero-order valence-electron chi connectivity index (χ0n) is 15.1. The number of hydrogen-bond donors (Lipinski definition) is 3. The fraction of sp³-hybridized carbons (Fsp3) is 0.294. The molecular formula is C17H16BrF2N5O4. The first-order valence-electron chi connectivity index (χ1n) is 8.42. The lowest BCUT2D eigenvalue weighted by atomic mass is 10.2.